The Morgan fingerprint density at radius 1 is 1.35 bits per heavy atom. The number of pyridine rings is 1. The van der Waals surface area contributed by atoms with E-state index in [2.05, 4.69) is 35.3 Å². The van der Waals surface area contributed by atoms with Crippen LogP contribution in [0.4, 0.5) is 5.82 Å². The van der Waals surface area contributed by atoms with Gasteiger partial charge < -0.3 is 15.0 Å². The van der Waals surface area contributed by atoms with Gasteiger partial charge in [0.05, 0.1) is 5.69 Å². The van der Waals surface area contributed by atoms with Crippen LogP contribution in [0, 0.1) is 5.92 Å². The highest BCUT2D eigenvalue weighted by molar-refractivity contribution is 5.39. The second-order valence-electron chi connectivity index (χ2n) is 5.55. The molecule has 2 heterocycles. The van der Waals surface area contributed by atoms with Gasteiger partial charge in [-0.25, -0.2) is 4.98 Å². The van der Waals surface area contributed by atoms with Crippen LogP contribution in [-0.4, -0.2) is 38.3 Å². The Balaban J connectivity index is 1.87. The fourth-order valence-electron chi connectivity index (χ4n) is 2.70. The number of nitrogens with zero attached hydrogens (tertiary/aromatic N) is 2. The highest BCUT2D eigenvalue weighted by Crippen LogP contribution is 2.22. The van der Waals surface area contributed by atoms with Crippen molar-refractivity contribution >= 4 is 5.82 Å². The summed E-state index contributed by atoms with van der Waals surface area (Å²) >= 11 is 0. The molecule has 0 unspecified atom stereocenters. The number of rotatable bonds is 7. The molecule has 1 aromatic heterocycles. The van der Waals surface area contributed by atoms with Crippen LogP contribution < -0.4 is 10.2 Å². The topological polar surface area (TPSA) is 37.4 Å². The van der Waals surface area contributed by atoms with Gasteiger partial charge in [-0.15, -0.1) is 0 Å². The Hall–Kier alpha value is -1.13. The zero-order valence-electron chi connectivity index (χ0n) is 12.8. The lowest BCUT2D eigenvalue weighted by atomic mass is 9.98. The number of piperidine rings is 1. The van der Waals surface area contributed by atoms with Gasteiger partial charge in [-0.1, -0.05) is 13.0 Å². The van der Waals surface area contributed by atoms with Crippen molar-refractivity contribution in [3.63, 3.8) is 0 Å². The molecule has 4 heteroatoms. The van der Waals surface area contributed by atoms with Crippen molar-refractivity contribution in [3.05, 3.63) is 23.9 Å². The van der Waals surface area contributed by atoms with Gasteiger partial charge in [0.1, 0.15) is 5.82 Å². The molecular weight excluding hydrogens is 250 g/mol. The van der Waals surface area contributed by atoms with Gasteiger partial charge in [-0.05, 0) is 43.9 Å². The smallest absolute Gasteiger partial charge is 0.128 e. The number of hydrogen-bond donors (Lipinski definition) is 1. The van der Waals surface area contributed by atoms with Gasteiger partial charge >= 0.3 is 0 Å². The summed E-state index contributed by atoms with van der Waals surface area (Å²) < 4.78 is 5.25. The van der Waals surface area contributed by atoms with Gasteiger partial charge in [0.2, 0.25) is 0 Å². The van der Waals surface area contributed by atoms with Crippen molar-refractivity contribution in [3.8, 4) is 0 Å². The van der Waals surface area contributed by atoms with Crippen LogP contribution in [0.15, 0.2) is 18.2 Å². The molecule has 0 amide bonds. The predicted octanol–water partition coefficient (Wildman–Crippen LogP) is 2.44. The summed E-state index contributed by atoms with van der Waals surface area (Å²) in [6.07, 6.45) is 3.56. The number of hydrogen-bond acceptors (Lipinski definition) is 4. The van der Waals surface area contributed by atoms with E-state index >= 15 is 0 Å². The van der Waals surface area contributed by atoms with E-state index in [-0.39, 0.29) is 0 Å². The maximum atomic E-state index is 5.25. The number of anilines is 1. The van der Waals surface area contributed by atoms with Crippen molar-refractivity contribution < 1.29 is 4.74 Å². The average molecular weight is 277 g/mol. The fourth-order valence-corrected chi connectivity index (χ4v) is 2.70. The molecule has 4 nitrogen and oxygen atoms in total. The van der Waals surface area contributed by atoms with Crippen LogP contribution in [0.5, 0.6) is 0 Å². The van der Waals surface area contributed by atoms with E-state index in [0.717, 1.165) is 50.7 Å². The summed E-state index contributed by atoms with van der Waals surface area (Å²) in [4.78, 5) is 7.17. The van der Waals surface area contributed by atoms with E-state index in [1.54, 1.807) is 7.11 Å². The predicted molar refractivity (Wildman–Crippen MR) is 83.0 cm³/mol. The molecule has 0 saturated carbocycles. The summed E-state index contributed by atoms with van der Waals surface area (Å²) in [5, 5.41) is 3.41. The summed E-state index contributed by atoms with van der Waals surface area (Å²) in [5.74, 6) is 1.84. The molecule has 0 radical (unpaired) electrons. The third kappa shape index (κ3) is 4.46. The van der Waals surface area contributed by atoms with Gasteiger partial charge in [0.15, 0.2) is 0 Å². The highest BCUT2D eigenvalue weighted by atomic mass is 16.5. The Morgan fingerprint density at radius 2 is 2.15 bits per heavy atom. The van der Waals surface area contributed by atoms with E-state index in [9.17, 15) is 0 Å². The van der Waals surface area contributed by atoms with Gasteiger partial charge in [-0.3, -0.25) is 0 Å². The van der Waals surface area contributed by atoms with Crippen LogP contribution in [0.1, 0.15) is 31.9 Å². The molecule has 2 rings (SSSR count). The summed E-state index contributed by atoms with van der Waals surface area (Å²) in [7, 11) is 1.79. The Bertz CT molecular complexity index is 389. The van der Waals surface area contributed by atoms with E-state index in [0.29, 0.717) is 5.92 Å². The third-order valence-electron chi connectivity index (χ3n) is 3.87. The van der Waals surface area contributed by atoms with E-state index in [1.807, 2.05) is 0 Å². The normalized spacial score (nSPS) is 16.6. The maximum absolute atomic E-state index is 5.25. The number of nitrogens with one attached hydrogen (secondary N) is 1. The van der Waals surface area contributed by atoms with Crippen LogP contribution in [0.2, 0.25) is 0 Å². The largest absolute Gasteiger partial charge is 0.384 e. The lowest BCUT2D eigenvalue weighted by Crippen LogP contribution is -2.35. The molecule has 20 heavy (non-hydrogen) atoms. The SMILES string of the molecule is CCCNCc1cccc(N2CCC(COC)CC2)n1. The summed E-state index contributed by atoms with van der Waals surface area (Å²) in [6.45, 7) is 7.17. The van der Waals surface area contributed by atoms with Gasteiger partial charge in [0.25, 0.3) is 0 Å². The second kappa shape index (κ2) is 8.22. The lowest BCUT2D eigenvalue weighted by molar-refractivity contribution is 0.139. The summed E-state index contributed by atoms with van der Waals surface area (Å²) in [6, 6.07) is 6.34. The Labute approximate surface area is 122 Å². The first-order chi connectivity index (χ1) is 9.83. The monoisotopic (exact) mass is 277 g/mol. The molecule has 1 N–H and O–H groups in total. The Kier molecular flexibility index (Phi) is 6.27. The fraction of sp³-hybridized carbons (Fsp3) is 0.688. The van der Waals surface area contributed by atoms with Crippen molar-refractivity contribution in [1.29, 1.82) is 0 Å². The maximum Gasteiger partial charge on any atom is 0.128 e. The third-order valence-corrected chi connectivity index (χ3v) is 3.87. The van der Waals surface area contributed by atoms with Crippen LogP contribution in [0.25, 0.3) is 0 Å². The minimum absolute atomic E-state index is 0.714. The Morgan fingerprint density at radius 3 is 2.85 bits per heavy atom. The molecule has 0 spiro atoms. The average Bonchev–Trinajstić information content (AvgIpc) is 2.49. The van der Waals surface area contributed by atoms with Gasteiger partial charge in [-0.2, -0.15) is 0 Å². The zero-order chi connectivity index (χ0) is 14.2. The first-order valence-corrected chi connectivity index (χ1v) is 7.74. The standard InChI is InChI=1S/C16H27N3O/c1-3-9-17-12-15-5-4-6-16(18-15)19-10-7-14(8-11-19)13-20-2/h4-6,14,17H,3,7-13H2,1-2H3. The minimum Gasteiger partial charge on any atom is -0.384 e. The first kappa shape index (κ1) is 15.3. The molecular formula is C16H27N3O. The van der Waals surface area contributed by atoms with E-state index < -0.39 is 0 Å². The molecule has 1 aromatic rings. The molecule has 0 aromatic carbocycles. The molecule has 1 aliphatic heterocycles. The molecule has 1 saturated heterocycles. The molecule has 1 aliphatic rings. The van der Waals surface area contributed by atoms with Gasteiger partial charge in [0, 0.05) is 33.4 Å². The van der Waals surface area contributed by atoms with E-state index in [4.69, 9.17) is 9.72 Å². The van der Waals surface area contributed by atoms with Crippen molar-refractivity contribution in [2.24, 2.45) is 5.92 Å². The zero-order valence-corrected chi connectivity index (χ0v) is 12.8. The number of ether oxygens (including phenoxy) is 1. The summed E-state index contributed by atoms with van der Waals surface area (Å²) in [5.41, 5.74) is 1.13. The molecule has 0 aliphatic carbocycles. The van der Waals surface area contributed by atoms with Crippen molar-refractivity contribution in [1.82, 2.24) is 10.3 Å². The van der Waals surface area contributed by atoms with E-state index in [1.165, 1.54) is 12.8 Å². The second-order valence-corrected chi connectivity index (χ2v) is 5.55. The molecule has 0 bridgehead atoms. The molecule has 1 fully saturated rings. The van der Waals surface area contributed by atoms with Crippen LogP contribution in [0.3, 0.4) is 0 Å². The highest BCUT2D eigenvalue weighted by Gasteiger charge is 2.19. The number of aromatic nitrogens is 1. The molecule has 112 valence electrons. The minimum atomic E-state index is 0.714. The van der Waals surface area contributed by atoms with Crippen molar-refractivity contribution in [2.45, 2.75) is 32.7 Å². The first-order valence-electron chi connectivity index (χ1n) is 7.74. The van der Waals surface area contributed by atoms with Crippen LogP contribution in [-0.2, 0) is 11.3 Å². The quantitative estimate of drug-likeness (QED) is 0.777. The molecule has 0 atom stereocenters. The lowest BCUT2D eigenvalue weighted by Gasteiger charge is -2.32. The number of methoxy groups -OCH3 is 1. The van der Waals surface area contributed by atoms with Crippen molar-refractivity contribution in [2.75, 3.05) is 38.3 Å². The van der Waals surface area contributed by atoms with Crippen LogP contribution >= 0.6 is 0 Å².